The SMILES string of the molecule is C1=Cc2ccc(-c3nc(-c4ccccc4)nc(-c4cccc(-c5ccccc5)c4)n3)cc2C2(c3ccccc31)c1ccccc1-c1c2ccc2c1oc1ccccc12. The van der Waals surface area contributed by atoms with Gasteiger partial charge in [-0.1, -0.05) is 182 Å². The van der Waals surface area contributed by atoms with Crippen LogP contribution in [0, 0.1) is 0 Å². The summed E-state index contributed by atoms with van der Waals surface area (Å²) in [7, 11) is 0. The largest absolute Gasteiger partial charge is 0.455 e. The summed E-state index contributed by atoms with van der Waals surface area (Å²) in [5, 5.41) is 2.25. The van der Waals surface area contributed by atoms with Crippen molar-refractivity contribution in [2.24, 2.45) is 0 Å². The van der Waals surface area contributed by atoms with Gasteiger partial charge < -0.3 is 4.42 Å². The van der Waals surface area contributed by atoms with E-state index >= 15 is 0 Å². The van der Waals surface area contributed by atoms with Crippen molar-refractivity contribution in [3.05, 3.63) is 221 Å². The Labute approximate surface area is 335 Å². The Bertz CT molecular complexity index is 3290. The van der Waals surface area contributed by atoms with Crippen molar-refractivity contribution in [2.45, 2.75) is 5.41 Å². The van der Waals surface area contributed by atoms with Crippen LogP contribution in [0.2, 0.25) is 0 Å². The van der Waals surface area contributed by atoms with Gasteiger partial charge in [-0.05, 0) is 68.3 Å². The van der Waals surface area contributed by atoms with Gasteiger partial charge in [-0.2, -0.15) is 0 Å². The summed E-state index contributed by atoms with van der Waals surface area (Å²) in [6.45, 7) is 0. The van der Waals surface area contributed by atoms with Crippen LogP contribution in [0.5, 0.6) is 0 Å². The van der Waals surface area contributed by atoms with Gasteiger partial charge in [0.25, 0.3) is 0 Å². The van der Waals surface area contributed by atoms with E-state index in [1.54, 1.807) is 0 Å². The van der Waals surface area contributed by atoms with E-state index in [0.717, 1.165) is 60.9 Å². The average Bonchev–Trinajstić information content (AvgIpc) is 3.78. The molecule has 270 valence electrons. The molecule has 0 bridgehead atoms. The van der Waals surface area contributed by atoms with Crippen LogP contribution >= 0.6 is 0 Å². The summed E-state index contributed by atoms with van der Waals surface area (Å²) >= 11 is 0. The number of rotatable bonds is 4. The molecule has 4 heteroatoms. The van der Waals surface area contributed by atoms with E-state index in [1.807, 2.05) is 30.3 Å². The molecule has 0 N–H and O–H groups in total. The molecule has 1 spiro atoms. The number of benzene rings is 8. The van der Waals surface area contributed by atoms with E-state index in [2.05, 4.69) is 170 Å². The highest BCUT2D eigenvalue weighted by Crippen LogP contribution is 2.60. The standard InChI is InChI=1S/C54H33N3O/c1-3-14-34(15-4-1)38-19-13-20-39(32-38)52-55-51(37-17-5-2-6-18-37)56-53(57-52)40-29-28-36-27-26-35-16-7-10-23-44(35)54(47(36)33-40)45-24-11-8-22-43(45)49-46(54)31-30-42-41-21-9-12-25-48(41)58-50(42)49/h1-33H. The summed E-state index contributed by atoms with van der Waals surface area (Å²) in [5.41, 5.74) is 15.7. The maximum absolute atomic E-state index is 6.79. The molecular formula is C54H33N3O. The first kappa shape index (κ1) is 32.5. The lowest BCUT2D eigenvalue weighted by molar-refractivity contribution is 0.669. The van der Waals surface area contributed by atoms with E-state index in [9.17, 15) is 0 Å². The molecular weight excluding hydrogens is 707 g/mol. The molecule has 12 rings (SSSR count). The zero-order chi connectivity index (χ0) is 38.2. The van der Waals surface area contributed by atoms with Gasteiger partial charge in [0.1, 0.15) is 11.2 Å². The van der Waals surface area contributed by atoms with Gasteiger partial charge in [0.05, 0.1) is 5.41 Å². The molecule has 1 atom stereocenters. The van der Waals surface area contributed by atoms with Crippen LogP contribution < -0.4 is 0 Å². The first-order valence-electron chi connectivity index (χ1n) is 19.7. The molecule has 2 heterocycles. The highest BCUT2D eigenvalue weighted by Gasteiger charge is 2.49. The van der Waals surface area contributed by atoms with E-state index in [1.165, 1.54) is 33.4 Å². The predicted molar refractivity (Wildman–Crippen MR) is 235 cm³/mol. The molecule has 4 nitrogen and oxygen atoms in total. The fourth-order valence-electron chi connectivity index (χ4n) is 9.42. The Hall–Kier alpha value is -7.69. The second-order valence-electron chi connectivity index (χ2n) is 15.1. The van der Waals surface area contributed by atoms with Crippen LogP contribution in [0.25, 0.3) is 90.5 Å². The third kappa shape index (κ3) is 4.79. The third-order valence-electron chi connectivity index (χ3n) is 12.0. The number of para-hydroxylation sites is 1. The van der Waals surface area contributed by atoms with E-state index in [-0.39, 0.29) is 0 Å². The predicted octanol–water partition coefficient (Wildman–Crippen LogP) is 13.3. The lowest BCUT2D eigenvalue weighted by Gasteiger charge is -2.35. The maximum atomic E-state index is 6.79. The number of hydrogen-bond acceptors (Lipinski definition) is 4. The minimum absolute atomic E-state index is 0.618. The van der Waals surface area contributed by atoms with E-state index in [4.69, 9.17) is 19.4 Å². The fourth-order valence-corrected chi connectivity index (χ4v) is 9.42. The summed E-state index contributed by atoms with van der Waals surface area (Å²) in [6, 6.07) is 66.4. The van der Waals surface area contributed by atoms with Crippen molar-refractivity contribution < 1.29 is 4.42 Å². The lowest BCUT2D eigenvalue weighted by Crippen LogP contribution is -2.30. The van der Waals surface area contributed by atoms with Crippen molar-refractivity contribution in [3.8, 4) is 56.4 Å². The second-order valence-corrected chi connectivity index (χ2v) is 15.1. The quantitative estimate of drug-likeness (QED) is 0.180. The molecule has 8 aromatic carbocycles. The third-order valence-corrected chi connectivity index (χ3v) is 12.0. The van der Waals surface area contributed by atoms with Crippen molar-refractivity contribution in [1.29, 1.82) is 0 Å². The first-order chi connectivity index (χ1) is 28.7. The molecule has 0 aliphatic heterocycles. The van der Waals surface area contributed by atoms with Gasteiger partial charge in [0, 0.05) is 33.0 Å². The number of hydrogen-bond donors (Lipinski definition) is 0. The minimum Gasteiger partial charge on any atom is -0.455 e. The van der Waals surface area contributed by atoms with Crippen molar-refractivity contribution in [3.63, 3.8) is 0 Å². The van der Waals surface area contributed by atoms with Crippen molar-refractivity contribution in [1.82, 2.24) is 15.0 Å². The number of nitrogens with zero attached hydrogens (tertiary/aromatic N) is 3. The smallest absolute Gasteiger partial charge is 0.164 e. The average molecular weight is 740 g/mol. The second kappa shape index (κ2) is 12.7. The van der Waals surface area contributed by atoms with Crippen LogP contribution in [0.3, 0.4) is 0 Å². The molecule has 0 amide bonds. The Morgan fingerprint density at radius 2 is 0.966 bits per heavy atom. The highest BCUT2D eigenvalue weighted by atomic mass is 16.3. The Morgan fingerprint density at radius 3 is 1.78 bits per heavy atom. The number of furan rings is 1. The minimum atomic E-state index is -0.660. The Balaban J connectivity index is 1.13. The molecule has 0 saturated heterocycles. The van der Waals surface area contributed by atoms with Gasteiger partial charge in [-0.3, -0.25) is 0 Å². The summed E-state index contributed by atoms with van der Waals surface area (Å²) in [6.07, 6.45) is 4.52. The Kier molecular flexibility index (Phi) is 7.11. The van der Waals surface area contributed by atoms with Crippen LogP contribution in [0.1, 0.15) is 33.4 Å². The van der Waals surface area contributed by atoms with Gasteiger partial charge in [0.15, 0.2) is 17.5 Å². The summed E-state index contributed by atoms with van der Waals surface area (Å²) in [5.74, 6) is 1.87. The van der Waals surface area contributed by atoms with Gasteiger partial charge in [-0.25, -0.2) is 15.0 Å². The number of fused-ring (bicyclic) bond motifs is 13. The van der Waals surface area contributed by atoms with Crippen LogP contribution in [0.15, 0.2) is 192 Å². The first-order valence-corrected chi connectivity index (χ1v) is 19.7. The summed E-state index contributed by atoms with van der Waals surface area (Å²) < 4.78 is 6.79. The molecule has 0 saturated carbocycles. The maximum Gasteiger partial charge on any atom is 0.164 e. The topological polar surface area (TPSA) is 51.8 Å². The Morgan fingerprint density at radius 1 is 0.362 bits per heavy atom. The number of aromatic nitrogens is 3. The van der Waals surface area contributed by atoms with E-state index in [0.29, 0.717) is 17.5 Å². The van der Waals surface area contributed by atoms with Crippen LogP contribution in [-0.4, -0.2) is 15.0 Å². The molecule has 0 fully saturated rings. The van der Waals surface area contributed by atoms with Crippen LogP contribution in [-0.2, 0) is 5.41 Å². The zero-order valence-electron chi connectivity index (χ0n) is 31.3. The molecule has 2 aromatic heterocycles. The van der Waals surface area contributed by atoms with Crippen molar-refractivity contribution in [2.75, 3.05) is 0 Å². The van der Waals surface area contributed by atoms with Gasteiger partial charge in [0.2, 0.25) is 0 Å². The highest BCUT2D eigenvalue weighted by molar-refractivity contribution is 6.12. The molecule has 1 unspecified atom stereocenters. The monoisotopic (exact) mass is 739 g/mol. The molecule has 2 aliphatic carbocycles. The van der Waals surface area contributed by atoms with Crippen LogP contribution in [0.4, 0.5) is 0 Å². The van der Waals surface area contributed by atoms with Crippen molar-refractivity contribution >= 4 is 34.1 Å². The summed E-state index contributed by atoms with van der Waals surface area (Å²) in [4.78, 5) is 15.6. The van der Waals surface area contributed by atoms with Gasteiger partial charge >= 0.3 is 0 Å². The molecule has 10 aromatic rings. The molecule has 0 radical (unpaired) electrons. The lowest BCUT2D eigenvalue weighted by atomic mass is 9.65. The fraction of sp³-hybridized carbons (Fsp3) is 0.0185. The zero-order valence-corrected chi connectivity index (χ0v) is 31.3. The molecule has 2 aliphatic rings. The normalized spacial score (nSPS) is 14.9. The van der Waals surface area contributed by atoms with E-state index < -0.39 is 5.41 Å². The van der Waals surface area contributed by atoms with Gasteiger partial charge in [-0.15, -0.1) is 0 Å². The molecule has 58 heavy (non-hydrogen) atoms.